The number of hydrogen-bond donors (Lipinski definition) is 1. The molecular formula is C43H28N2S. The average Bonchev–Trinajstić information content (AvgIpc) is 3.61. The van der Waals surface area contributed by atoms with Crippen molar-refractivity contribution in [3.63, 3.8) is 0 Å². The van der Waals surface area contributed by atoms with E-state index >= 15 is 0 Å². The molecule has 46 heavy (non-hydrogen) atoms. The van der Waals surface area contributed by atoms with Crippen molar-refractivity contribution in [2.24, 2.45) is 0 Å². The lowest BCUT2D eigenvalue weighted by Crippen LogP contribution is -2.32. The van der Waals surface area contributed by atoms with E-state index < -0.39 is 5.41 Å². The van der Waals surface area contributed by atoms with Crippen molar-refractivity contribution >= 4 is 44.9 Å². The first-order valence-electron chi connectivity index (χ1n) is 15.8. The molecule has 10 rings (SSSR count). The number of nitrogens with one attached hydrogen (secondary N) is 1. The predicted octanol–water partition coefficient (Wildman–Crippen LogP) is 11.4. The van der Waals surface area contributed by atoms with E-state index in [0.29, 0.717) is 0 Å². The normalized spacial score (nSPS) is 13.7. The fraction of sp³-hybridized carbons (Fsp3) is 0.0233. The van der Waals surface area contributed by atoms with E-state index in [1.807, 2.05) is 11.8 Å². The van der Waals surface area contributed by atoms with Crippen LogP contribution in [0.15, 0.2) is 174 Å². The van der Waals surface area contributed by atoms with Crippen LogP contribution in [0.2, 0.25) is 0 Å². The molecule has 0 radical (unpaired) electrons. The highest BCUT2D eigenvalue weighted by molar-refractivity contribution is 7.99. The maximum atomic E-state index is 4.05. The first-order chi connectivity index (χ1) is 22.8. The van der Waals surface area contributed by atoms with E-state index in [2.05, 4.69) is 174 Å². The highest BCUT2D eigenvalue weighted by atomic mass is 32.2. The lowest BCUT2D eigenvalue weighted by molar-refractivity contribution is 0.724. The SMILES string of the molecule is c1ccc(-n2c3ccccc3c3c(Nc4cccc5c4C4(c6ccccc6Sc6ccccc64)c4ccccc4-5)cccc32)cc1. The first kappa shape index (κ1) is 25.8. The van der Waals surface area contributed by atoms with Gasteiger partial charge in [-0.15, -0.1) is 0 Å². The number of para-hydroxylation sites is 2. The molecule has 1 spiro atoms. The summed E-state index contributed by atoms with van der Waals surface area (Å²) in [5.74, 6) is 0. The maximum absolute atomic E-state index is 4.05. The third-order valence-corrected chi connectivity index (χ3v) is 11.0. The molecule has 7 aromatic carbocycles. The van der Waals surface area contributed by atoms with Gasteiger partial charge in [0, 0.05) is 43.2 Å². The maximum Gasteiger partial charge on any atom is 0.0755 e. The highest BCUT2D eigenvalue weighted by Crippen LogP contribution is 2.63. The van der Waals surface area contributed by atoms with Gasteiger partial charge in [-0.1, -0.05) is 127 Å². The number of anilines is 2. The van der Waals surface area contributed by atoms with E-state index in [9.17, 15) is 0 Å². The Morgan fingerprint density at radius 3 is 1.85 bits per heavy atom. The van der Waals surface area contributed by atoms with Crippen molar-refractivity contribution in [2.45, 2.75) is 15.2 Å². The third-order valence-electron chi connectivity index (χ3n) is 9.84. The Kier molecular flexibility index (Phi) is 5.46. The second-order valence-corrected chi connectivity index (χ2v) is 13.2. The summed E-state index contributed by atoms with van der Waals surface area (Å²) >= 11 is 1.88. The minimum atomic E-state index is -0.445. The first-order valence-corrected chi connectivity index (χ1v) is 16.6. The van der Waals surface area contributed by atoms with Crippen LogP contribution in [0.4, 0.5) is 11.4 Å². The van der Waals surface area contributed by atoms with Gasteiger partial charge in [-0.05, 0) is 76.3 Å². The largest absolute Gasteiger partial charge is 0.355 e. The van der Waals surface area contributed by atoms with Crippen molar-refractivity contribution in [1.82, 2.24) is 4.57 Å². The van der Waals surface area contributed by atoms with Gasteiger partial charge < -0.3 is 9.88 Å². The Hall–Kier alpha value is -5.51. The second-order valence-electron chi connectivity index (χ2n) is 12.1. The molecule has 0 saturated carbocycles. The van der Waals surface area contributed by atoms with Crippen molar-refractivity contribution in [2.75, 3.05) is 5.32 Å². The molecule has 2 aliphatic rings. The Balaban J connectivity index is 1.27. The zero-order valence-corrected chi connectivity index (χ0v) is 25.8. The summed E-state index contributed by atoms with van der Waals surface area (Å²) in [6, 6.07) is 59.9. The number of hydrogen-bond acceptors (Lipinski definition) is 2. The minimum absolute atomic E-state index is 0.445. The second kappa shape index (κ2) is 9.74. The quantitative estimate of drug-likeness (QED) is 0.216. The molecule has 1 aromatic heterocycles. The van der Waals surface area contributed by atoms with Crippen LogP contribution in [0.3, 0.4) is 0 Å². The van der Waals surface area contributed by atoms with Crippen LogP contribution in [-0.4, -0.2) is 4.57 Å². The van der Waals surface area contributed by atoms with E-state index in [1.165, 1.54) is 65.0 Å². The van der Waals surface area contributed by atoms with Gasteiger partial charge >= 0.3 is 0 Å². The van der Waals surface area contributed by atoms with Crippen LogP contribution in [0, 0.1) is 0 Å². The molecule has 1 N–H and O–H groups in total. The number of nitrogens with zero attached hydrogens (tertiary/aromatic N) is 1. The molecule has 1 aliphatic carbocycles. The smallest absolute Gasteiger partial charge is 0.0755 e. The van der Waals surface area contributed by atoms with Crippen molar-refractivity contribution in [1.29, 1.82) is 0 Å². The van der Waals surface area contributed by atoms with Gasteiger partial charge in [-0.3, -0.25) is 0 Å². The topological polar surface area (TPSA) is 17.0 Å². The van der Waals surface area contributed by atoms with Crippen LogP contribution in [0.5, 0.6) is 0 Å². The number of rotatable bonds is 3. The van der Waals surface area contributed by atoms with Crippen LogP contribution in [0.1, 0.15) is 22.3 Å². The summed E-state index contributed by atoms with van der Waals surface area (Å²) in [6.45, 7) is 0. The van der Waals surface area contributed by atoms with Crippen LogP contribution < -0.4 is 5.32 Å². The molecule has 2 nitrogen and oxygen atoms in total. The Morgan fingerprint density at radius 1 is 0.457 bits per heavy atom. The highest BCUT2D eigenvalue weighted by Gasteiger charge is 2.51. The summed E-state index contributed by atoms with van der Waals surface area (Å²) in [4.78, 5) is 2.62. The monoisotopic (exact) mass is 604 g/mol. The van der Waals surface area contributed by atoms with Crippen molar-refractivity contribution < 1.29 is 0 Å². The zero-order valence-electron chi connectivity index (χ0n) is 24.9. The van der Waals surface area contributed by atoms with Gasteiger partial charge in [0.1, 0.15) is 0 Å². The van der Waals surface area contributed by atoms with Gasteiger partial charge in [-0.25, -0.2) is 0 Å². The summed E-state index contributed by atoms with van der Waals surface area (Å²) in [6.07, 6.45) is 0. The van der Waals surface area contributed by atoms with Gasteiger partial charge in [0.05, 0.1) is 16.4 Å². The molecule has 2 heterocycles. The lowest BCUT2D eigenvalue weighted by atomic mass is 9.67. The van der Waals surface area contributed by atoms with Gasteiger partial charge in [0.25, 0.3) is 0 Å². The fourth-order valence-corrected chi connectivity index (χ4v) is 9.33. The zero-order chi connectivity index (χ0) is 30.2. The standard InChI is InChI=1S/C43H28N2S/c1-2-14-28(15-3-1)45-37-24-9-5-17-31(37)41-35(22-13-25-38(41)45)44-36-23-12-18-30-29-16-4-6-19-32(29)43(42(30)36)33-20-7-10-26-39(33)46-40-27-11-8-21-34(40)43/h1-27,44H. The van der Waals surface area contributed by atoms with Crippen molar-refractivity contribution in [3.05, 3.63) is 186 Å². The molecular weight excluding hydrogens is 577 g/mol. The van der Waals surface area contributed by atoms with E-state index in [1.54, 1.807) is 0 Å². The molecule has 0 unspecified atom stereocenters. The molecule has 0 saturated heterocycles. The molecule has 1 aliphatic heterocycles. The van der Waals surface area contributed by atoms with Crippen LogP contribution in [-0.2, 0) is 5.41 Å². The van der Waals surface area contributed by atoms with Gasteiger partial charge in [0.2, 0.25) is 0 Å². The Labute approximate surface area is 272 Å². The predicted molar refractivity (Wildman–Crippen MR) is 192 cm³/mol. The summed E-state index contributed by atoms with van der Waals surface area (Å²) in [7, 11) is 0. The van der Waals surface area contributed by atoms with Crippen molar-refractivity contribution in [3.8, 4) is 16.8 Å². The van der Waals surface area contributed by atoms with Crippen LogP contribution in [0.25, 0.3) is 38.6 Å². The lowest BCUT2D eigenvalue weighted by Gasteiger charge is -2.40. The molecule has 0 atom stereocenters. The minimum Gasteiger partial charge on any atom is -0.355 e. The molecule has 0 bridgehead atoms. The van der Waals surface area contributed by atoms with Gasteiger partial charge in [0.15, 0.2) is 0 Å². The molecule has 8 aromatic rings. The van der Waals surface area contributed by atoms with E-state index in [4.69, 9.17) is 0 Å². The average molecular weight is 605 g/mol. The number of fused-ring (bicyclic) bond motifs is 12. The van der Waals surface area contributed by atoms with E-state index in [-0.39, 0.29) is 0 Å². The van der Waals surface area contributed by atoms with Crippen LogP contribution >= 0.6 is 11.8 Å². The summed E-state index contributed by atoms with van der Waals surface area (Å²) in [5, 5.41) is 6.51. The Bertz CT molecular complexity index is 2440. The summed E-state index contributed by atoms with van der Waals surface area (Å²) < 4.78 is 2.38. The number of benzene rings is 7. The van der Waals surface area contributed by atoms with E-state index in [0.717, 1.165) is 17.1 Å². The Morgan fingerprint density at radius 2 is 1.04 bits per heavy atom. The molecule has 3 heteroatoms. The molecule has 0 fully saturated rings. The number of aromatic nitrogens is 1. The fourth-order valence-electron chi connectivity index (χ4n) is 8.14. The third kappa shape index (κ3) is 3.38. The molecule has 216 valence electrons. The summed E-state index contributed by atoms with van der Waals surface area (Å²) in [5.41, 5.74) is 13.3. The van der Waals surface area contributed by atoms with Gasteiger partial charge in [-0.2, -0.15) is 0 Å². The molecule has 0 amide bonds.